The van der Waals surface area contributed by atoms with Crippen LogP contribution in [0.3, 0.4) is 0 Å². The molecule has 1 aromatic heterocycles. The van der Waals surface area contributed by atoms with Crippen LogP contribution in [0.4, 0.5) is 14.7 Å². The van der Waals surface area contributed by atoms with Gasteiger partial charge in [-0.1, -0.05) is 0 Å². The Bertz CT molecular complexity index is 324. The quantitative estimate of drug-likeness (QED) is 0.716. The number of anilines is 1. The van der Waals surface area contributed by atoms with Crippen molar-refractivity contribution in [2.45, 2.75) is 12.8 Å². The normalized spacial score (nSPS) is 10.6. The number of aromatic nitrogens is 2. The maximum atomic E-state index is 11.8. The average Bonchev–Trinajstić information content (AvgIpc) is 2.52. The van der Waals surface area contributed by atoms with Gasteiger partial charge in [0.15, 0.2) is 0 Å². The summed E-state index contributed by atoms with van der Waals surface area (Å²) in [6, 6.07) is 0. The third-order valence-corrected chi connectivity index (χ3v) is 1.43. The lowest BCUT2D eigenvalue weighted by atomic mass is 10.3. The highest BCUT2D eigenvalue weighted by molar-refractivity contribution is 5.82. The molecule has 5 nitrogen and oxygen atoms in total. The summed E-state index contributed by atoms with van der Waals surface area (Å²) in [6.07, 6.45) is -3.52. The van der Waals surface area contributed by atoms with Crippen molar-refractivity contribution in [3.05, 3.63) is 5.89 Å². The van der Waals surface area contributed by atoms with Crippen molar-refractivity contribution < 1.29 is 18.1 Å². The zero-order chi connectivity index (χ0) is 10.7. The largest absolute Gasteiger partial charge is 0.344 e. The van der Waals surface area contributed by atoms with Crippen LogP contribution < -0.4 is 4.90 Å². The van der Waals surface area contributed by atoms with E-state index in [9.17, 15) is 13.6 Å². The van der Waals surface area contributed by atoms with Gasteiger partial charge in [0.2, 0.25) is 11.7 Å². The number of carbonyl (C=O) groups excluding carboxylic acids is 1. The fraction of sp³-hybridized carbons (Fsp3) is 0.571. The SMILES string of the molecule is CN(C)c1noc(CC(=O)C(F)F)n1. The molecule has 0 spiro atoms. The molecule has 0 saturated heterocycles. The second-order valence-electron chi connectivity index (χ2n) is 2.83. The van der Waals surface area contributed by atoms with E-state index >= 15 is 0 Å². The molecule has 0 radical (unpaired) electrons. The monoisotopic (exact) mass is 205 g/mol. The van der Waals surface area contributed by atoms with Crippen LogP contribution in [0.15, 0.2) is 4.52 Å². The lowest BCUT2D eigenvalue weighted by Gasteiger charge is -2.02. The van der Waals surface area contributed by atoms with Gasteiger partial charge in [-0.3, -0.25) is 4.79 Å². The number of halogens is 2. The van der Waals surface area contributed by atoms with E-state index in [1.165, 1.54) is 0 Å². The number of hydrogen-bond donors (Lipinski definition) is 0. The lowest BCUT2D eigenvalue weighted by Crippen LogP contribution is -2.13. The summed E-state index contributed by atoms with van der Waals surface area (Å²) in [5, 5.41) is 3.47. The summed E-state index contributed by atoms with van der Waals surface area (Å²) in [7, 11) is 3.34. The van der Waals surface area contributed by atoms with Crippen LogP contribution in [-0.2, 0) is 11.2 Å². The standard InChI is InChI=1S/C7H9F2N3O2/c1-12(2)7-10-5(14-11-7)3-4(13)6(8)9/h6H,3H2,1-2H3. The third kappa shape index (κ3) is 2.48. The Kier molecular flexibility index (Phi) is 3.10. The zero-order valence-electron chi connectivity index (χ0n) is 7.70. The molecule has 0 aliphatic carbocycles. The smallest absolute Gasteiger partial charge is 0.296 e. The molecule has 78 valence electrons. The fourth-order valence-electron chi connectivity index (χ4n) is 0.726. The molecule has 0 atom stereocenters. The van der Waals surface area contributed by atoms with Crippen LogP contribution in [0.2, 0.25) is 0 Å². The summed E-state index contributed by atoms with van der Waals surface area (Å²) in [6.45, 7) is 0. The summed E-state index contributed by atoms with van der Waals surface area (Å²) in [5.74, 6) is -1.07. The molecule has 14 heavy (non-hydrogen) atoms. The van der Waals surface area contributed by atoms with E-state index in [1.807, 2.05) is 0 Å². The van der Waals surface area contributed by atoms with Crippen molar-refractivity contribution in [3.63, 3.8) is 0 Å². The Morgan fingerprint density at radius 2 is 2.21 bits per heavy atom. The first-order valence-corrected chi connectivity index (χ1v) is 3.81. The minimum atomic E-state index is -3.00. The van der Waals surface area contributed by atoms with Gasteiger partial charge in [-0.05, 0) is 5.16 Å². The van der Waals surface area contributed by atoms with Gasteiger partial charge in [0.25, 0.3) is 12.4 Å². The molecule has 0 fully saturated rings. The van der Waals surface area contributed by atoms with E-state index in [1.54, 1.807) is 19.0 Å². The number of nitrogens with zero attached hydrogens (tertiary/aromatic N) is 3. The Balaban J connectivity index is 2.64. The third-order valence-electron chi connectivity index (χ3n) is 1.43. The van der Waals surface area contributed by atoms with Gasteiger partial charge in [0.05, 0.1) is 6.42 Å². The number of ketones is 1. The van der Waals surface area contributed by atoms with Crippen LogP contribution >= 0.6 is 0 Å². The molecule has 0 unspecified atom stereocenters. The molecule has 7 heteroatoms. The topological polar surface area (TPSA) is 59.2 Å². The first-order chi connectivity index (χ1) is 6.50. The van der Waals surface area contributed by atoms with E-state index in [2.05, 4.69) is 14.7 Å². The second kappa shape index (κ2) is 4.12. The number of rotatable bonds is 4. The van der Waals surface area contributed by atoms with Gasteiger partial charge in [-0.2, -0.15) is 4.98 Å². The minimum Gasteiger partial charge on any atom is -0.344 e. The van der Waals surface area contributed by atoms with Crippen LogP contribution in [0.5, 0.6) is 0 Å². The average molecular weight is 205 g/mol. The molecule has 0 aromatic carbocycles. The molecular weight excluding hydrogens is 196 g/mol. The minimum absolute atomic E-state index is 0.0981. The second-order valence-corrected chi connectivity index (χ2v) is 2.83. The van der Waals surface area contributed by atoms with Gasteiger partial charge in [-0.15, -0.1) is 0 Å². The van der Waals surface area contributed by atoms with Crippen molar-refractivity contribution in [1.29, 1.82) is 0 Å². The Labute approximate surface area is 78.7 Å². The molecule has 1 aromatic rings. The predicted molar refractivity (Wildman–Crippen MR) is 43.3 cm³/mol. The lowest BCUT2D eigenvalue weighted by molar-refractivity contribution is -0.129. The summed E-state index contributed by atoms with van der Waals surface area (Å²) >= 11 is 0. The predicted octanol–water partition coefficient (Wildman–Crippen LogP) is 0.512. The molecule has 0 aliphatic heterocycles. The summed E-state index contributed by atoms with van der Waals surface area (Å²) < 4.78 is 28.2. The van der Waals surface area contributed by atoms with Crippen LogP contribution in [0.1, 0.15) is 5.89 Å². The first kappa shape index (κ1) is 10.6. The van der Waals surface area contributed by atoms with Gasteiger partial charge >= 0.3 is 0 Å². The van der Waals surface area contributed by atoms with Crippen molar-refractivity contribution in [2.24, 2.45) is 0 Å². The van der Waals surface area contributed by atoms with Crippen LogP contribution in [0.25, 0.3) is 0 Å². The molecule has 0 bridgehead atoms. The van der Waals surface area contributed by atoms with Crippen molar-refractivity contribution in [2.75, 3.05) is 19.0 Å². The van der Waals surface area contributed by atoms with Gasteiger partial charge < -0.3 is 9.42 Å². The van der Waals surface area contributed by atoms with E-state index in [-0.39, 0.29) is 11.8 Å². The highest BCUT2D eigenvalue weighted by Crippen LogP contribution is 2.08. The van der Waals surface area contributed by atoms with Crippen molar-refractivity contribution in [3.8, 4) is 0 Å². The van der Waals surface area contributed by atoms with E-state index in [0.29, 0.717) is 0 Å². The number of alkyl halides is 2. The van der Waals surface area contributed by atoms with E-state index in [4.69, 9.17) is 0 Å². The summed E-state index contributed by atoms with van der Waals surface area (Å²) in [4.78, 5) is 15.9. The Morgan fingerprint density at radius 1 is 1.57 bits per heavy atom. The molecule has 0 aliphatic rings. The molecule has 0 saturated carbocycles. The molecule has 1 rings (SSSR count). The number of carbonyl (C=O) groups is 1. The molecular formula is C7H9F2N3O2. The maximum absolute atomic E-state index is 11.8. The van der Waals surface area contributed by atoms with E-state index < -0.39 is 18.6 Å². The molecule has 0 N–H and O–H groups in total. The van der Waals surface area contributed by atoms with Gasteiger partial charge in [0, 0.05) is 14.1 Å². The highest BCUT2D eigenvalue weighted by atomic mass is 19.3. The van der Waals surface area contributed by atoms with Crippen molar-refractivity contribution >= 4 is 11.7 Å². The van der Waals surface area contributed by atoms with Crippen molar-refractivity contribution in [1.82, 2.24) is 10.1 Å². The Hall–Kier alpha value is -1.53. The fourth-order valence-corrected chi connectivity index (χ4v) is 0.726. The molecule has 1 heterocycles. The zero-order valence-corrected chi connectivity index (χ0v) is 7.70. The highest BCUT2D eigenvalue weighted by Gasteiger charge is 2.19. The first-order valence-electron chi connectivity index (χ1n) is 3.81. The van der Waals surface area contributed by atoms with Crippen LogP contribution in [-0.4, -0.2) is 36.4 Å². The van der Waals surface area contributed by atoms with Gasteiger partial charge in [0.1, 0.15) is 0 Å². The number of hydrogen-bond acceptors (Lipinski definition) is 5. The van der Waals surface area contributed by atoms with Gasteiger partial charge in [-0.25, -0.2) is 8.78 Å². The maximum Gasteiger partial charge on any atom is 0.296 e. The number of Topliss-reactive ketones (excluding diaryl/α,β-unsaturated/α-hetero) is 1. The summed E-state index contributed by atoms with van der Waals surface area (Å²) in [5.41, 5.74) is 0. The Morgan fingerprint density at radius 3 is 2.64 bits per heavy atom. The van der Waals surface area contributed by atoms with E-state index in [0.717, 1.165) is 0 Å². The van der Waals surface area contributed by atoms with Crippen LogP contribution in [0, 0.1) is 0 Å². The molecule has 0 amide bonds.